The van der Waals surface area contributed by atoms with E-state index < -0.39 is 11.4 Å². The number of aliphatic hydroxyl groups is 1. The number of rotatable bonds is 6. The molecule has 0 saturated heterocycles. The summed E-state index contributed by atoms with van der Waals surface area (Å²) in [6.07, 6.45) is 1.05. The fraction of sp³-hybridized carbons (Fsp3) is 0.421. The molecule has 0 atom stereocenters. The van der Waals surface area contributed by atoms with Crippen LogP contribution in [0.5, 0.6) is 0 Å². The number of benzene rings is 1. The maximum absolute atomic E-state index is 14.0. The quantitative estimate of drug-likeness (QED) is 0.517. The van der Waals surface area contributed by atoms with Crippen molar-refractivity contribution in [3.63, 3.8) is 0 Å². The zero-order chi connectivity index (χ0) is 20.9. The minimum atomic E-state index is -0.739. The van der Waals surface area contributed by atoms with E-state index in [1.54, 1.807) is 38.1 Å². The first-order chi connectivity index (χ1) is 13.0. The van der Waals surface area contributed by atoms with Crippen molar-refractivity contribution in [2.45, 2.75) is 45.7 Å². The first-order valence-electron chi connectivity index (χ1n) is 8.85. The molecule has 1 aromatic carbocycles. The van der Waals surface area contributed by atoms with Crippen molar-refractivity contribution in [3.05, 3.63) is 36.3 Å². The van der Waals surface area contributed by atoms with Crippen LogP contribution in [0.15, 0.2) is 30.5 Å². The number of aromatic nitrogens is 2. The standard InChI is InChI=1S/C19H27FN6O2/c1-18(2,3)26-17(28)23-13-8-6-7-12(9-13)22-16-21-10-14(20)15(24-16)25-19(4,5)11-27/h6-10,27H,11H2,1-5H3,(H2,23,26,28)(H2,21,22,24,25). The Balaban J connectivity index is 2.13. The van der Waals surface area contributed by atoms with Crippen LogP contribution in [0.4, 0.5) is 32.3 Å². The maximum atomic E-state index is 14.0. The Labute approximate surface area is 164 Å². The van der Waals surface area contributed by atoms with Crippen LogP contribution in [0, 0.1) is 5.82 Å². The highest BCUT2D eigenvalue weighted by Gasteiger charge is 2.19. The molecule has 0 aliphatic rings. The molecular weight excluding hydrogens is 363 g/mol. The number of urea groups is 1. The van der Waals surface area contributed by atoms with Gasteiger partial charge in [-0.2, -0.15) is 4.98 Å². The highest BCUT2D eigenvalue weighted by atomic mass is 19.1. The summed E-state index contributed by atoms with van der Waals surface area (Å²) in [5, 5.41) is 20.7. The molecule has 2 amide bonds. The second-order valence-electron chi connectivity index (χ2n) is 8.09. The van der Waals surface area contributed by atoms with Crippen molar-refractivity contribution >= 4 is 29.2 Å². The van der Waals surface area contributed by atoms with Gasteiger partial charge in [-0.05, 0) is 52.8 Å². The largest absolute Gasteiger partial charge is 0.394 e. The van der Waals surface area contributed by atoms with Crippen LogP contribution in [0.25, 0.3) is 0 Å². The summed E-state index contributed by atoms with van der Waals surface area (Å²) in [7, 11) is 0. The van der Waals surface area contributed by atoms with Crippen LogP contribution >= 0.6 is 0 Å². The Morgan fingerprint density at radius 2 is 1.86 bits per heavy atom. The Bertz CT molecular complexity index is 835. The number of hydrogen-bond acceptors (Lipinski definition) is 6. The molecule has 0 aliphatic carbocycles. The molecule has 0 radical (unpaired) electrons. The van der Waals surface area contributed by atoms with E-state index in [4.69, 9.17) is 0 Å². The van der Waals surface area contributed by atoms with Crippen LogP contribution in [0.2, 0.25) is 0 Å². The molecule has 2 aromatic rings. The SMILES string of the molecule is CC(C)(C)NC(=O)Nc1cccc(Nc2ncc(F)c(NC(C)(C)CO)n2)c1. The van der Waals surface area contributed by atoms with Crippen LogP contribution in [-0.2, 0) is 0 Å². The van der Waals surface area contributed by atoms with Gasteiger partial charge in [0.15, 0.2) is 11.6 Å². The predicted octanol–water partition coefficient (Wildman–Crippen LogP) is 3.46. The van der Waals surface area contributed by atoms with E-state index in [1.807, 2.05) is 20.8 Å². The molecule has 0 bridgehead atoms. The first kappa shape index (κ1) is 21.4. The molecule has 0 unspecified atom stereocenters. The van der Waals surface area contributed by atoms with Gasteiger partial charge in [-0.25, -0.2) is 14.2 Å². The van der Waals surface area contributed by atoms with Gasteiger partial charge in [-0.15, -0.1) is 0 Å². The molecule has 0 saturated carbocycles. The number of aliphatic hydroxyl groups excluding tert-OH is 1. The van der Waals surface area contributed by atoms with E-state index in [-0.39, 0.29) is 29.9 Å². The summed E-state index contributed by atoms with van der Waals surface area (Å²) in [4.78, 5) is 20.1. The average molecular weight is 390 g/mol. The maximum Gasteiger partial charge on any atom is 0.319 e. The minimum Gasteiger partial charge on any atom is -0.394 e. The monoisotopic (exact) mass is 390 g/mol. The highest BCUT2D eigenvalue weighted by molar-refractivity contribution is 5.90. The molecular formula is C19H27FN6O2. The summed E-state index contributed by atoms with van der Waals surface area (Å²) >= 11 is 0. The van der Waals surface area contributed by atoms with E-state index in [9.17, 15) is 14.3 Å². The van der Waals surface area contributed by atoms with Crippen molar-refractivity contribution in [1.29, 1.82) is 0 Å². The van der Waals surface area contributed by atoms with Crippen molar-refractivity contribution in [1.82, 2.24) is 15.3 Å². The zero-order valence-corrected chi connectivity index (χ0v) is 16.7. The van der Waals surface area contributed by atoms with E-state index in [2.05, 4.69) is 31.2 Å². The van der Waals surface area contributed by atoms with Crippen molar-refractivity contribution in [2.75, 3.05) is 22.6 Å². The summed E-state index contributed by atoms with van der Waals surface area (Å²) in [6, 6.07) is 6.66. The normalized spacial score (nSPS) is 11.7. The smallest absolute Gasteiger partial charge is 0.319 e. The van der Waals surface area contributed by atoms with Gasteiger partial charge in [0, 0.05) is 16.9 Å². The highest BCUT2D eigenvalue weighted by Crippen LogP contribution is 2.21. The van der Waals surface area contributed by atoms with Crippen molar-refractivity contribution in [2.24, 2.45) is 0 Å². The average Bonchev–Trinajstić information content (AvgIpc) is 2.56. The lowest BCUT2D eigenvalue weighted by molar-refractivity contribution is 0.233. The number of carbonyl (C=O) groups excluding carboxylic acids is 1. The fourth-order valence-corrected chi connectivity index (χ4v) is 2.18. The zero-order valence-electron chi connectivity index (χ0n) is 16.7. The summed E-state index contributed by atoms with van der Waals surface area (Å²) in [5.74, 6) is -0.467. The van der Waals surface area contributed by atoms with Crippen LogP contribution in [0.1, 0.15) is 34.6 Å². The molecule has 1 heterocycles. The van der Waals surface area contributed by atoms with Gasteiger partial charge in [-0.1, -0.05) is 6.07 Å². The number of anilines is 4. The molecule has 28 heavy (non-hydrogen) atoms. The fourth-order valence-electron chi connectivity index (χ4n) is 2.18. The molecule has 0 spiro atoms. The van der Waals surface area contributed by atoms with Crippen LogP contribution < -0.4 is 21.3 Å². The lowest BCUT2D eigenvalue weighted by Crippen LogP contribution is -2.43. The van der Waals surface area contributed by atoms with E-state index in [1.165, 1.54) is 0 Å². The summed E-state index contributed by atoms with van der Waals surface area (Å²) < 4.78 is 14.0. The third-order valence-corrected chi connectivity index (χ3v) is 3.46. The Morgan fingerprint density at radius 3 is 2.50 bits per heavy atom. The number of carbonyl (C=O) groups is 1. The number of hydrogen-bond donors (Lipinski definition) is 5. The summed E-state index contributed by atoms with van der Waals surface area (Å²) in [5.41, 5.74) is 0.103. The number of nitrogens with one attached hydrogen (secondary N) is 4. The second-order valence-corrected chi connectivity index (χ2v) is 8.09. The van der Waals surface area contributed by atoms with Gasteiger partial charge < -0.3 is 26.4 Å². The Hall–Kier alpha value is -2.94. The van der Waals surface area contributed by atoms with Gasteiger partial charge in [0.05, 0.1) is 18.3 Å². The molecule has 152 valence electrons. The van der Waals surface area contributed by atoms with Gasteiger partial charge in [0.2, 0.25) is 5.95 Å². The van der Waals surface area contributed by atoms with Crippen molar-refractivity contribution < 1.29 is 14.3 Å². The van der Waals surface area contributed by atoms with E-state index >= 15 is 0 Å². The molecule has 0 fully saturated rings. The van der Waals surface area contributed by atoms with Gasteiger partial charge in [0.1, 0.15) is 0 Å². The molecule has 8 nitrogen and oxygen atoms in total. The third-order valence-electron chi connectivity index (χ3n) is 3.46. The first-order valence-corrected chi connectivity index (χ1v) is 8.85. The Morgan fingerprint density at radius 1 is 1.18 bits per heavy atom. The lowest BCUT2D eigenvalue weighted by Gasteiger charge is -2.24. The number of halogens is 1. The van der Waals surface area contributed by atoms with Gasteiger partial charge in [0.25, 0.3) is 0 Å². The molecule has 9 heteroatoms. The lowest BCUT2D eigenvalue weighted by atomic mass is 10.1. The molecule has 0 aliphatic heterocycles. The third kappa shape index (κ3) is 6.66. The number of amides is 2. The Kier molecular flexibility index (Phi) is 6.40. The van der Waals surface area contributed by atoms with Gasteiger partial charge in [-0.3, -0.25) is 0 Å². The van der Waals surface area contributed by atoms with Crippen LogP contribution in [-0.4, -0.2) is 38.8 Å². The molecule has 2 rings (SSSR count). The van der Waals surface area contributed by atoms with Crippen LogP contribution in [0.3, 0.4) is 0 Å². The summed E-state index contributed by atoms with van der Waals surface area (Å²) in [6.45, 7) is 8.92. The predicted molar refractivity (Wildman–Crippen MR) is 108 cm³/mol. The molecule has 1 aromatic heterocycles. The van der Waals surface area contributed by atoms with E-state index in [0.29, 0.717) is 11.4 Å². The number of nitrogens with zero attached hydrogens (tertiary/aromatic N) is 2. The second kappa shape index (κ2) is 8.39. The van der Waals surface area contributed by atoms with E-state index in [0.717, 1.165) is 6.20 Å². The molecule has 5 N–H and O–H groups in total. The van der Waals surface area contributed by atoms with Gasteiger partial charge >= 0.3 is 6.03 Å². The minimum absolute atomic E-state index is 0.0182. The van der Waals surface area contributed by atoms with Crippen molar-refractivity contribution in [3.8, 4) is 0 Å². The topological polar surface area (TPSA) is 111 Å².